The number of nitrogens with one attached hydrogen (secondary N) is 3. The van der Waals surface area contributed by atoms with E-state index in [4.69, 9.17) is 23.0 Å². The van der Waals surface area contributed by atoms with Crippen molar-refractivity contribution in [2.24, 2.45) is 0 Å². The number of amidine groups is 1. The van der Waals surface area contributed by atoms with Crippen LogP contribution in [0.25, 0.3) is 0 Å². The molecule has 2 amide bonds. The van der Waals surface area contributed by atoms with Crippen molar-refractivity contribution in [3.05, 3.63) is 88.5 Å². The van der Waals surface area contributed by atoms with Crippen LogP contribution >= 0.6 is 0 Å². The molecule has 0 saturated carbocycles. The fourth-order valence-electron chi connectivity index (χ4n) is 3.24. The van der Waals surface area contributed by atoms with Crippen LogP contribution in [0.15, 0.2) is 60.7 Å². The molecule has 3 aromatic rings. The second-order valence-electron chi connectivity index (χ2n) is 7.70. The van der Waals surface area contributed by atoms with Crippen LogP contribution in [0, 0.1) is 30.1 Å². The van der Waals surface area contributed by atoms with Gasteiger partial charge in [-0.25, -0.2) is 0 Å². The third kappa shape index (κ3) is 5.68. The fourth-order valence-corrected chi connectivity index (χ4v) is 3.24. The molecule has 0 aromatic heterocycles. The number of ether oxygens (including phenoxy) is 1. The second-order valence-corrected chi connectivity index (χ2v) is 7.70. The zero-order valence-corrected chi connectivity index (χ0v) is 19.6. The van der Waals surface area contributed by atoms with Gasteiger partial charge in [0.05, 0.1) is 18.4 Å². The highest BCUT2D eigenvalue weighted by Gasteiger charge is 2.21. The second kappa shape index (κ2) is 10.7. The van der Waals surface area contributed by atoms with Gasteiger partial charge in [-0.2, -0.15) is 0 Å². The monoisotopic (exact) mass is 464 g/mol. The zero-order chi connectivity index (χ0) is 25.5. The van der Waals surface area contributed by atoms with Crippen LogP contribution in [-0.2, 0) is 0 Å². The number of benzene rings is 3. The summed E-state index contributed by atoms with van der Waals surface area (Å²) < 4.78 is 5.43. The fraction of sp³-hybridized carbons (Fsp3) is 0.107. The Balaban J connectivity index is 1.94. The van der Waals surface area contributed by atoms with Gasteiger partial charge in [0.15, 0.2) is 0 Å². The Bertz CT molecular complexity index is 1360. The summed E-state index contributed by atoms with van der Waals surface area (Å²) in [5.41, 5.74) is 2.95. The normalized spacial score (nSPS) is 9.86. The Labute approximate surface area is 204 Å². The Morgan fingerprint density at radius 2 is 1.46 bits per heavy atom. The average molecular weight is 465 g/mol. The number of rotatable bonds is 6. The van der Waals surface area contributed by atoms with Gasteiger partial charge in [-0.3, -0.25) is 15.0 Å². The van der Waals surface area contributed by atoms with E-state index in [1.807, 2.05) is 0 Å². The number of methoxy groups -OCH3 is 1. The molecular formula is C28H24N4O3. The lowest BCUT2D eigenvalue weighted by atomic mass is 10.0. The molecule has 0 atom stereocenters. The molecule has 0 aliphatic rings. The first-order valence-corrected chi connectivity index (χ1v) is 10.5. The average Bonchev–Trinajstić information content (AvgIpc) is 2.88. The van der Waals surface area contributed by atoms with Gasteiger partial charge in [-0.15, -0.1) is 12.8 Å². The SMILES string of the molecule is C#Cc1ccc(NC(=O)c2cc(C#C)cc(OC)c2NC(=O)c2ccc(C(=N)N(C)C)cc2)cc1. The maximum Gasteiger partial charge on any atom is 0.257 e. The molecule has 3 aromatic carbocycles. The van der Waals surface area contributed by atoms with Crippen LogP contribution in [0.1, 0.15) is 37.4 Å². The molecule has 0 fully saturated rings. The Morgan fingerprint density at radius 1 is 0.857 bits per heavy atom. The Kier molecular flexibility index (Phi) is 7.56. The van der Waals surface area contributed by atoms with E-state index in [1.54, 1.807) is 73.6 Å². The van der Waals surface area contributed by atoms with Gasteiger partial charge < -0.3 is 20.3 Å². The predicted octanol–water partition coefficient (Wildman–Crippen LogP) is 4.05. The van der Waals surface area contributed by atoms with Crippen LogP contribution in [-0.4, -0.2) is 43.8 Å². The molecule has 0 spiro atoms. The minimum Gasteiger partial charge on any atom is -0.495 e. The number of terminal acetylenes is 2. The molecule has 0 unspecified atom stereocenters. The number of anilines is 2. The summed E-state index contributed by atoms with van der Waals surface area (Å²) in [5.74, 6) is 4.63. The lowest BCUT2D eigenvalue weighted by Crippen LogP contribution is -2.22. The quantitative estimate of drug-likeness (QED) is 0.291. The maximum absolute atomic E-state index is 13.2. The summed E-state index contributed by atoms with van der Waals surface area (Å²) in [7, 11) is 4.96. The largest absolute Gasteiger partial charge is 0.495 e. The minimum absolute atomic E-state index is 0.137. The Hall–Kier alpha value is -5.01. The summed E-state index contributed by atoms with van der Waals surface area (Å²) in [4.78, 5) is 27.9. The van der Waals surface area contributed by atoms with Crippen LogP contribution in [0.5, 0.6) is 5.75 Å². The lowest BCUT2D eigenvalue weighted by molar-refractivity contribution is 0.102. The molecule has 0 radical (unpaired) electrons. The van der Waals surface area contributed by atoms with Crippen LogP contribution in [0.3, 0.4) is 0 Å². The van der Waals surface area contributed by atoms with Gasteiger partial charge in [0.2, 0.25) is 0 Å². The van der Waals surface area contributed by atoms with E-state index in [9.17, 15) is 9.59 Å². The van der Waals surface area contributed by atoms with Crippen molar-refractivity contribution in [2.45, 2.75) is 0 Å². The molecule has 7 heteroatoms. The highest BCUT2D eigenvalue weighted by Crippen LogP contribution is 2.31. The first kappa shape index (κ1) is 24.6. The number of hydrogen-bond donors (Lipinski definition) is 3. The van der Waals surface area contributed by atoms with Crippen LogP contribution in [0.2, 0.25) is 0 Å². The van der Waals surface area contributed by atoms with E-state index in [0.717, 1.165) is 0 Å². The van der Waals surface area contributed by atoms with Crippen molar-refractivity contribution in [2.75, 3.05) is 31.8 Å². The molecule has 7 nitrogen and oxygen atoms in total. The Morgan fingerprint density at radius 3 is 2.00 bits per heavy atom. The molecule has 3 rings (SSSR count). The molecule has 35 heavy (non-hydrogen) atoms. The smallest absolute Gasteiger partial charge is 0.257 e. The van der Waals surface area contributed by atoms with Gasteiger partial charge >= 0.3 is 0 Å². The summed E-state index contributed by atoms with van der Waals surface area (Å²) in [6, 6.07) is 16.4. The topological polar surface area (TPSA) is 94.5 Å². The highest BCUT2D eigenvalue weighted by atomic mass is 16.5. The third-order valence-corrected chi connectivity index (χ3v) is 5.15. The van der Waals surface area contributed by atoms with Crippen molar-refractivity contribution in [3.8, 4) is 30.4 Å². The van der Waals surface area contributed by atoms with Crippen molar-refractivity contribution in [1.82, 2.24) is 4.90 Å². The van der Waals surface area contributed by atoms with Crippen molar-refractivity contribution < 1.29 is 14.3 Å². The highest BCUT2D eigenvalue weighted by molar-refractivity contribution is 6.14. The van der Waals surface area contributed by atoms with Gasteiger partial charge in [0.25, 0.3) is 11.8 Å². The summed E-state index contributed by atoms with van der Waals surface area (Å²) in [6.07, 6.45) is 10.9. The van der Waals surface area contributed by atoms with Gasteiger partial charge in [0.1, 0.15) is 11.6 Å². The number of nitrogens with zero attached hydrogens (tertiary/aromatic N) is 1. The van der Waals surface area contributed by atoms with E-state index < -0.39 is 11.8 Å². The maximum atomic E-state index is 13.2. The summed E-state index contributed by atoms with van der Waals surface area (Å²) in [6.45, 7) is 0. The molecule has 174 valence electrons. The van der Waals surface area contributed by atoms with Crippen molar-refractivity contribution >= 4 is 29.0 Å². The van der Waals surface area contributed by atoms with Gasteiger partial charge in [0, 0.05) is 42.0 Å². The van der Waals surface area contributed by atoms with Gasteiger partial charge in [-0.05, 0) is 48.5 Å². The molecule has 0 saturated heterocycles. The zero-order valence-electron chi connectivity index (χ0n) is 19.6. The molecule has 0 aliphatic carbocycles. The third-order valence-electron chi connectivity index (χ3n) is 5.15. The molecule has 0 bridgehead atoms. The molecule has 3 N–H and O–H groups in total. The van der Waals surface area contributed by atoms with E-state index >= 15 is 0 Å². The van der Waals surface area contributed by atoms with Crippen molar-refractivity contribution in [3.63, 3.8) is 0 Å². The van der Waals surface area contributed by atoms with E-state index in [0.29, 0.717) is 33.8 Å². The minimum atomic E-state index is -0.487. The molecule has 0 aliphatic heterocycles. The van der Waals surface area contributed by atoms with Gasteiger partial charge in [-0.1, -0.05) is 24.0 Å². The summed E-state index contributed by atoms with van der Waals surface area (Å²) in [5, 5.41) is 13.6. The van der Waals surface area contributed by atoms with Crippen molar-refractivity contribution in [1.29, 1.82) is 5.41 Å². The van der Waals surface area contributed by atoms with Crippen LogP contribution in [0.4, 0.5) is 11.4 Å². The predicted molar refractivity (Wildman–Crippen MR) is 138 cm³/mol. The number of amides is 2. The summed E-state index contributed by atoms with van der Waals surface area (Å²) >= 11 is 0. The lowest BCUT2D eigenvalue weighted by Gasteiger charge is -2.17. The molecular weight excluding hydrogens is 440 g/mol. The van der Waals surface area contributed by atoms with E-state index in [-0.39, 0.29) is 17.0 Å². The standard InChI is InChI=1S/C28H24N4O3/c1-6-18-8-14-22(15-9-18)30-28(34)23-16-19(7-2)17-24(35-5)25(23)31-27(33)21-12-10-20(11-13-21)26(29)32(3)4/h1-2,8-17,29H,3-5H3,(H,30,34)(H,31,33). The first-order valence-electron chi connectivity index (χ1n) is 10.5. The number of carbonyl (C=O) groups excluding carboxylic acids is 2. The first-order chi connectivity index (χ1) is 16.8. The molecule has 0 heterocycles. The van der Waals surface area contributed by atoms with Crippen LogP contribution < -0.4 is 15.4 Å². The van der Waals surface area contributed by atoms with E-state index in [2.05, 4.69) is 22.5 Å². The van der Waals surface area contributed by atoms with E-state index in [1.165, 1.54) is 13.2 Å². The number of carbonyl (C=O) groups is 2. The number of hydrogen-bond acceptors (Lipinski definition) is 4.